The molecule has 0 radical (unpaired) electrons. The van der Waals surface area contributed by atoms with E-state index in [1.807, 2.05) is 6.92 Å². The van der Waals surface area contributed by atoms with Gasteiger partial charge in [-0.05, 0) is 18.6 Å². The molecule has 114 valence electrons. The molecule has 0 aliphatic carbocycles. The maximum Gasteiger partial charge on any atom is 0.231 e. The van der Waals surface area contributed by atoms with Crippen molar-refractivity contribution in [3.63, 3.8) is 0 Å². The Morgan fingerprint density at radius 3 is 2.71 bits per heavy atom. The van der Waals surface area contributed by atoms with Gasteiger partial charge in [-0.25, -0.2) is 0 Å². The minimum Gasteiger partial charge on any atom is -0.454 e. The van der Waals surface area contributed by atoms with E-state index in [4.69, 9.17) is 9.47 Å². The first-order valence-electron chi connectivity index (χ1n) is 7.05. The molecule has 0 fully saturated rings. The molecule has 1 aromatic carbocycles. The summed E-state index contributed by atoms with van der Waals surface area (Å²) in [5, 5.41) is 2.80. The number of fused-ring (bicyclic) bond motifs is 1. The van der Waals surface area contributed by atoms with Crippen LogP contribution in [0.25, 0.3) is 0 Å². The van der Waals surface area contributed by atoms with Gasteiger partial charge in [-0.3, -0.25) is 9.59 Å². The van der Waals surface area contributed by atoms with Gasteiger partial charge in [0.1, 0.15) is 0 Å². The molecule has 1 aliphatic rings. The minimum absolute atomic E-state index is 0.00673. The van der Waals surface area contributed by atoms with Gasteiger partial charge in [0.25, 0.3) is 0 Å². The van der Waals surface area contributed by atoms with Crippen LogP contribution in [0.15, 0.2) is 18.2 Å². The number of ether oxygens (including phenoxy) is 2. The summed E-state index contributed by atoms with van der Waals surface area (Å²) in [7, 11) is 0. The van der Waals surface area contributed by atoms with E-state index < -0.39 is 0 Å². The fourth-order valence-electron chi connectivity index (χ4n) is 2.13. The van der Waals surface area contributed by atoms with Crippen molar-refractivity contribution in [3.8, 4) is 11.5 Å². The number of rotatable bonds is 6. The fraction of sp³-hybridized carbons (Fsp3) is 0.467. The number of anilines is 1. The molecule has 1 heterocycles. The van der Waals surface area contributed by atoms with Gasteiger partial charge in [0.05, 0.1) is 0 Å². The molecule has 1 aliphatic heterocycles. The number of benzene rings is 1. The Balaban J connectivity index is 1.85. The highest BCUT2D eigenvalue weighted by Gasteiger charge is 2.15. The Kier molecular flexibility index (Phi) is 5.03. The Bertz CT molecular complexity index is 530. The maximum atomic E-state index is 11.9. The number of amides is 2. The van der Waals surface area contributed by atoms with Crippen LogP contribution in [0.4, 0.5) is 5.69 Å². The topological polar surface area (TPSA) is 67.9 Å². The Hall–Kier alpha value is -2.24. The van der Waals surface area contributed by atoms with E-state index in [0.717, 1.165) is 6.42 Å². The van der Waals surface area contributed by atoms with Crippen molar-refractivity contribution in [3.05, 3.63) is 18.2 Å². The fourth-order valence-corrected chi connectivity index (χ4v) is 2.13. The van der Waals surface area contributed by atoms with Gasteiger partial charge >= 0.3 is 0 Å². The molecule has 0 saturated carbocycles. The van der Waals surface area contributed by atoms with Gasteiger partial charge in [-0.2, -0.15) is 0 Å². The van der Waals surface area contributed by atoms with Crippen molar-refractivity contribution >= 4 is 17.5 Å². The van der Waals surface area contributed by atoms with Crippen molar-refractivity contribution < 1.29 is 19.1 Å². The number of carbonyl (C=O) groups is 2. The molecule has 0 spiro atoms. The number of nitrogens with one attached hydrogen (secondary N) is 1. The highest BCUT2D eigenvalue weighted by Crippen LogP contribution is 2.34. The third-order valence-electron chi connectivity index (χ3n) is 3.20. The molecule has 6 nitrogen and oxygen atoms in total. The van der Waals surface area contributed by atoms with Crippen molar-refractivity contribution in [2.45, 2.75) is 26.7 Å². The predicted molar refractivity (Wildman–Crippen MR) is 78.4 cm³/mol. The summed E-state index contributed by atoms with van der Waals surface area (Å²) < 4.78 is 10.5. The molecule has 0 bridgehead atoms. The summed E-state index contributed by atoms with van der Waals surface area (Å²) in [6, 6.07) is 5.26. The molecule has 0 atom stereocenters. The molecular weight excluding hydrogens is 272 g/mol. The standard InChI is InChI=1S/C15H20N2O4/c1-3-7-17(11(2)18)8-6-15(19)16-12-4-5-13-14(9-12)21-10-20-13/h4-5,9H,3,6-8,10H2,1-2H3,(H,16,19). The van der Waals surface area contributed by atoms with Crippen LogP contribution in [-0.2, 0) is 9.59 Å². The average Bonchev–Trinajstić information content (AvgIpc) is 2.90. The van der Waals surface area contributed by atoms with Gasteiger partial charge in [-0.15, -0.1) is 0 Å². The normalized spacial score (nSPS) is 12.1. The van der Waals surface area contributed by atoms with E-state index in [0.29, 0.717) is 30.3 Å². The lowest BCUT2D eigenvalue weighted by atomic mass is 10.2. The highest BCUT2D eigenvalue weighted by atomic mass is 16.7. The molecular formula is C15H20N2O4. The zero-order valence-corrected chi connectivity index (χ0v) is 12.3. The third-order valence-corrected chi connectivity index (χ3v) is 3.20. The zero-order chi connectivity index (χ0) is 15.2. The molecule has 21 heavy (non-hydrogen) atoms. The molecule has 6 heteroatoms. The van der Waals surface area contributed by atoms with E-state index in [-0.39, 0.29) is 25.0 Å². The molecule has 0 unspecified atom stereocenters. The van der Waals surface area contributed by atoms with Crippen molar-refractivity contribution in [1.29, 1.82) is 0 Å². The quantitative estimate of drug-likeness (QED) is 0.871. The van der Waals surface area contributed by atoms with Crippen molar-refractivity contribution in [1.82, 2.24) is 4.90 Å². The van der Waals surface area contributed by atoms with Gasteiger partial charge in [0.2, 0.25) is 18.6 Å². The molecule has 0 saturated heterocycles. The van der Waals surface area contributed by atoms with Crippen LogP contribution < -0.4 is 14.8 Å². The van der Waals surface area contributed by atoms with Crippen LogP contribution in [0.5, 0.6) is 11.5 Å². The smallest absolute Gasteiger partial charge is 0.231 e. The molecule has 1 N–H and O–H groups in total. The van der Waals surface area contributed by atoms with Crippen LogP contribution >= 0.6 is 0 Å². The summed E-state index contributed by atoms with van der Waals surface area (Å²) in [6.45, 7) is 4.83. The molecule has 1 aromatic rings. The average molecular weight is 292 g/mol. The summed E-state index contributed by atoms with van der Waals surface area (Å²) in [5.41, 5.74) is 0.661. The number of hydrogen-bond acceptors (Lipinski definition) is 4. The monoisotopic (exact) mass is 292 g/mol. The summed E-state index contributed by atoms with van der Waals surface area (Å²) in [5.74, 6) is 1.17. The van der Waals surface area contributed by atoms with E-state index in [1.165, 1.54) is 6.92 Å². The lowest BCUT2D eigenvalue weighted by Crippen LogP contribution is -2.32. The largest absolute Gasteiger partial charge is 0.454 e. The van der Waals surface area contributed by atoms with Gasteiger partial charge < -0.3 is 19.7 Å². The highest BCUT2D eigenvalue weighted by molar-refractivity contribution is 5.91. The van der Waals surface area contributed by atoms with E-state index >= 15 is 0 Å². The second-order valence-corrected chi connectivity index (χ2v) is 4.87. The Morgan fingerprint density at radius 1 is 1.24 bits per heavy atom. The Morgan fingerprint density at radius 2 is 2.00 bits per heavy atom. The van der Waals surface area contributed by atoms with Crippen molar-refractivity contribution in [2.75, 3.05) is 25.2 Å². The molecule has 2 rings (SSSR count). The van der Waals surface area contributed by atoms with Crippen LogP contribution in [-0.4, -0.2) is 36.6 Å². The number of hydrogen-bond donors (Lipinski definition) is 1. The Labute approximate surface area is 124 Å². The molecule has 0 aromatic heterocycles. The SMILES string of the molecule is CCCN(CCC(=O)Nc1ccc2c(c1)OCO2)C(C)=O. The first-order valence-corrected chi connectivity index (χ1v) is 7.05. The lowest BCUT2D eigenvalue weighted by molar-refractivity contribution is -0.129. The van der Waals surface area contributed by atoms with Gasteiger partial charge in [0.15, 0.2) is 11.5 Å². The van der Waals surface area contributed by atoms with E-state index in [2.05, 4.69) is 5.32 Å². The summed E-state index contributed by atoms with van der Waals surface area (Å²) >= 11 is 0. The predicted octanol–water partition coefficient (Wildman–Crippen LogP) is 2.00. The van der Waals surface area contributed by atoms with Crippen LogP contribution in [0.3, 0.4) is 0 Å². The third kappa shape index (κ3) is 4.11. The number of carbonyl (C=O) groups excluding carboxylic acids is 2. The zero-order valence-electron chi connectivity index (χ0n) is 12.3. The maximum absolute atomic E-state index is 11.9. The number of nitrogens with zero attached hydrogens (tertiary/aromatic N) is 1. The minimum atomic E-state index is -0.129. The van der Waals surface area contributed by atoms with E-state index in [1.54, 1.807) is 23.1 Å². The molecule has 2 amide bonds. The first-order chi connectivity index (χ1) is 10.1. The second kappa shape index (κ2) is 6.97. The van der Waals surface area contributed by atoms with Gasteiger partial charge in [-0.1, -0.05) is 6.92 Å². The summed E-state index contributed by atoms with van der Waals surface area (Å²) in [6.07, 6.45) is 1.15. The van der Waals surface area contributed by atoms with Crippen LogP contribution in [0.2, 0.25) is 0 Å². The second-order valence-electron chi connectivity index (χ2n) is 4.87. The van der Waals surface area contributed by atoms with Crippen LogP contribution in [0, 0.1) is 0 Å². The van der Waals surface area contributed by atoms with Gasteiger partial charge in [0, 0.05) is 38.2 Å². The van der Waals surface area contributed by atoms with Crippen molar-refractivity contribution in [2.24, 2.45) is 0 Å². The summed E-state index contributed by atoms with van der Waals surface area (Å²) in [4.78, 5) is 25.0. The van der Waals surface area contributed by atoms with Crippen LogP contribution in [0.1, 0.15) is 26.7 Å². The van der Waals surface area contributed by atoms with E-state index in [9.17, 15) is 9.59 Å². The lowest BCUT2D eigenvalue weighted by Gasteiger charge is -2.19. The first kappa shape index (κ1) is 15.2.